The molecule has 0 fully saturated rings. The lowest BCUT2D eigenvalue weighted by molar-refractivity contribution is -0.385. The van der Waals surface area contributed by atoms with Crippen LogP contribution >= 0.6 is 0 Å². The SMILES string of the molecule is COc1cc(C(=O)Nc2ccc(C)cn2)ccc1[N+](=O)[O-]. The van der Waals surface area contributed by atoms with E-state index in [4.69, 9.17) is 4.74 Å². The third-order valence-corrected chi connectivity index (χ3v) is 2.79. The fraction of sp³-hybridized carbons (Fsp3) is 0.143. The maximum atomic E-state index is 12.1. The molecule has 0 atom stereocenters. The molecule has 1 heterocycles. The minimum atomic E-state index is -0.567. The molecule has 108 valence electrons. The average Bonchev–Trinajstić information content (AvgIpc) is 2.48. The molecule has 7 nitrogen and oxygen atoms in total. The molecule has 0 bridgehead atoms. The Balaban J connectivity index is 2.23. The average molecular weight is 287 g/mol. The van der Waals surface area contributed by atoms with Crippen LogP contribution in [0.5, 0.6) is 5.75 Å². The molecule has 0 saturated carbocycles. The summed E-state index contributed by atoms with van der Waals surface area (Å²) in [5.41, 5.74) is 1.03. The minimum absolute atomic E-state index is 0.0320. The van der Waals surface area contributed by atoms with Crippen LogP contribution in [0, 0.1) is 17.0 Å². The maximum absolute atomic E-state index is 12.1. The summed E-state index contributed by atoms with van der Waals surface area (Å²) in [6, 6.07) is 7.41. The predicted octanol–water partition coefficient (Wildman–Crippen LogP) is 2.56. The summed E-state index contributed by atoms with van der Waals surface area (Å²) in [6.45, 7) is 1.89. The van der Waals surface area contributed by atoms with Crippen molar-refractivity contribution in [3.8, 4) is 5.75 Å². The number of nitro benzene ring substituents is 1. The predicted molar refractivity (Wildman–Crippen MR) is 76.6 cm³/mol. The zero-order chi connectivity index (χ0) is 15.4. The Bertz CT molecular complexity index is 683. The lowest BCUT2D eigenvalue weighted by Crippen LogP contribution is -2.13. The molecular formula is C14H13N3O4. The van der Waals surface area contributed by atoms with Gasteiger partial charge in [-0.3, -0.25) is 14.9 Å². The van der Waals surface area contributed by atoms with Crippen LogP contribution in [0.25, 0.3) is 0 Å². The molecule has 1 aromatic heterocycles. The number of hydrogen-bond donors (Lipinski definition) is 1. The molecule has 1 amide bonds. The molecule has 2 aromatic rings. The summed E-state index contributed by atoms with van der Waals surface area (Å²) in [7, 11) is 1.31. The number of aryl methyl sites for hydroxylation is 1. The Kier molecular flexibility index (Phi) is 4.13. The quantitative estimate of drug-likeness (QED) is 0.688. The van der Waals surface area contributed by atoms with Crippen LogP contribution in [0.15, 0.2) is 36.5 Å². The maximum Gasteiger partial charge on any atom is 0.310 e. The number of carbonyl (C=O) groups is 1. The summed E-state index contributed by atoms with van der Waals surface area (Å²) in [5, 5.41) is 13.4. The molecule has 0 unspecified atom stereocenters. The highest BCUT2D eigenvalue weighted by Gasteiger charge is 2.17. The lowest BCUT2D eigenvalue weighted by Gasteiger charge is -2.06. The van der Waals surface area contributed by atoms with E-state index in [1.807, 2.05) is 13.0 Å². The van der Waals surface area contributed by atoms with Gasteiger partial charge in [0.05, 0.1) is 12.0 Å². The second kappa shape index (κ2) is 6.00. The largest absolute Gasteiger partial charge is 0.490 e. The van der Waals surface area contributed by atoms with Crippen molar-refractivity contribution >= 4 is 17.4 Å². The van der Waals surface area contributed by atoms with Crippen molar-refractivity contribution in [3.05, 3.63) is 57.8 Å². The molecule has 0 aliphatic heterocycles. The summed E-state index contributed by atoms with van der Waals surface area (Å²) >= 11 is 0. The first-order valence-corrected chi connectivity index (χ1v) is 6.07. The molecule has 0 radical (unpaired) electrons. The molecular weight excluding hydrogens is 274 g/mol. The molecule has 0 aliphatic rings. The highest BCUT2D eigenvalue weighted by molar-refractivity contribution is 6.04. The summed E-state index contributed by atoms with van der Waals surface area (Å²) in [4.78, 5) is 26.4. The highest BCUT2D eigenvalue weighted by atomic mass is 16.6. The van der Waals surface area contributed by atoms with Crippen molar-refractivity contribution in [1.29, 1.82) is 0 Å². The monoisotopic (exact) mass is 287 g/mol. The van der Waals surface area contributed by atoms with E-state index >= 15 is 0 Å². The first-order valence-electron chi connectivity index (χ1n) is 6.07. The van der Waals surface area contributed by atoms with E-state index in [1.54, 1.807) is 12.3 Å². The van der Waals surface area contributed by atoms with Crippen LogP contribution in [0.4, 0.5) is 11.5 Å². The van der Waals surface area contributed by atoms with E-state index in [1.165, 1.54) is 25.3 Å². The molecule has 0 saturated heterocycles. The third-order valence-electron chi connectivity index (χ3n) is 2.79. The fourth-order valence-corrected chi connectivity index (χ4v) is 1.70. The van der Waals surface area contributed by atoms with Crippen LogP contribution < -0.4 is 10.1 Å². The number of methoxy groups -OCH3 is 1. The van der Waals surface area contributed by atoms with Crippen LogP contribution in [0.3, 0.4) is 0 Å². The number of anilines is 1. The molecule has 1 N–H and O–H groups in total. The van der Waals surface area contributed by atoms with Crippen LogP contribution in [-0.4, -0.2) is 22.9 Å². The van der Waals surface area contributed by atoms with Gasteiger partial charge in [-0.25, -0.2) is 4.98 Å². The number of amides is 1. The number of rotatable bonds is 4. The Morgan fingerprint density at radius 3 is 2.67 bits per heavy atom. The van der Waals surface area contributed by atoms with Gasteiger partial charge in [0.1, 0.15) is 5.82 Å². The molecule has 21 heavy (non-hydrogen) atoms. The van der Waals surface area contributed by atoms with Gasteiger partial charge >= 0.3 is 5.69 Å². The van der Waals surface area contributed by atoms with E-state index < -0.39 is 10.8 Å². The van der Waals surface area contributed by atoms with E-state index in [0.29, 0.717) is 5.82 Å². The van der Waals surface area contributed by atoms with Crippen molar-refractivity contribution in [2.24, 2.45) is 0 Å². The fourth-order valence-electron chi connectivity index (χ4n) is 1.70. The van der Waals surface area contributed by atoms with Gasteiger partial charge in [-0.1, -0.05) is 6.07 Å². The van der Waals surface area contributed by atoms with Gasteiger partial charge in [-0.2, -0.15) is 0 Å². The summed E-state index contributed by atoms with van der Waals surface area (Å²) < 4.78 is 4.93. The second-order valence-electron chi connectivity index (χ2n) is 4.32. The number of nitrogens with one attached hydrogen (secondary N) is 1. The smallest absolute Gasteiger partial charge is 0.310 e. The summed E-state index contributed by atoms with van der Waals surface area (Å²) in [5.74, 6) is 0.0204. The van der Waals surface area contributed by atoms with Crippen molar-refractivity contribution in [2.45, 2.75) is 6.92 Å². The van der Waals surface area contributed by atoms with Gasteiger partial charge in [-0.05, 0) is 24.6 Å². The lowest BCUT2D eigenvalue weighted by atomic mass is 10.1. The zero-order valence-electron chi connectivity index (χ0n) is 11.5. The number of aromatic nitrogens is 1. The van der Waals surface area contributed by atoms with Gasteiger partial charge in [-0.15, -0.1) is 0 Å². The number of hydrogen-bond acceptors (Lipinski definition) is 5. The van der Waals surface area contributed by atoms with Gasteiger partial charge in [0.25, 0.3) is 5.91 Å². The first-order chi connectivity index (χ1) is 10.0. The van der Waals surface area contributed by atoms with E-state index in [-0.39, 0.29) is 17.0 Å². The van der Waals surface area contributed by atoms with Crippen molar-refractivity contribution in [1.82, 2.24) is 4.98 Å². The number of carbonyl (C=O) groups excluding carboxylic acids is 1. The second-order valence-corrected chi connectivity index (χ2v) is 4.32. The Hall–Kier alpha value is -2.96. The van der Waals surface area contributed by atoms with E-state index in [0.717, 1.165) is 5.56 Å². The zero-order valence-corrected chi connectivity index (χ0v) is 11.5. The number of pyridine rings is 1. The highest BCUT2D eigenvalue weighted by Crippen LogP contribution is 2.27. The van der Waals surface area contributed by atoms with E-state index in [9.17, 15) is 14.9 Å². The standard InChI is InChI=1S/C14H13N3O4/c1-9-3-6-13(15-8-9)16-14(18)10-4-5-11(17(19)20)12(7-10)21-2/h3-8H,1-2H3,(H,15,16,18). The van der Waals surface area contributed by atoms with Gasteiger partial charge < -0.3 is 10.1 Å². The number of nitro groups is 1. The normalized spacial score (nSPS) is 10.0. The Morgan fingerprint density at radius 1 is 1.33 bits per heavy atom. The third kappa shape index (κ3) is 3.33. The van der Waals surface area contributed by atoms with Gasteiger partial charge in [0.2, 0.25) is 0 Å². The van der Waals surface area contributed by atoms with Crippen LogP contribution in [0.2, 0.25) is 0 Å². The number of nitrogens with zero attached hydrogens (tertiary/aromatic N) is 2. The van der Waals surface area contributed by atoms with E-state index in [2.05, 4.69) is 10.3 Å². The Labute approximate surface area is 120 Å². The van der Waals surface area contributed by atoms with Crippen molar-refractivity contribution in [2.75, 3.05) is 12.4 Å². The minimum Gasteiger partial charge on any atom is -0.490 e. The van der Waals surface area contributed by atoms with Crippen molar-refractivity contribution < 1.29 is 14.5 Å². The first kappa shape index (κ1) is 14.4. The van der Waals surface area contributed by atoms with Gasteiger partial charge in [0, 0.05) is 23.9 Å². The van der Waals surface area contributed by atoms with Crippen LogP contribution in [0.1, 0.15) is 15.9 Å². The number of ether oxygens (including phenoxy) is 1. The molecule has 0 spiro atoms. The molecule has 0 aliphatic carbocycles. The molecule has 2 rings (SSSR count). The van der Waals surface area contributed by atoms with Crippen molar-refractivity contribution in [3.63, 3.8) is 0 Å². The Morgan fingerprint density at radius 2 is 2.10 bits per heavy atom. The molecule has 7 heteroatoms. The topological polar surface area (TPSA) is 94.4 Å². The number of benzene rings is 1. The molecule has 1 aromatic carbocycles. The van der Waals surface area contributed by atoms with Crippen LogP contribution in [-0.2, 0) is 0 Å². The van der Waals surface area contributed by atoms with Gasteiger partial charge in [0.15, 0.2) is 5.75 Å². The summed E-state index contributed by atoms with van der Waals surface area (Å²) in [6.07, 6.45) is 1.63.